The summed E-state index contributed by atoms with van der Waals surface area (Å²) in [5.41, 5.74) is 4.00. The molecule has 1 fully saturated rings. The normalized spacial score (nSPS) is 13.5. The van der Waals surface area contributed by atoms with Gasteiger partial charge in [-0.15, -0.1) is 0 Å². The molecular formula is C25H27N5O3. The minimum absolute atomic E-state index is 0.0777. The molecule has 33 heavy (non-hydrogen) atoms. The molecule has 0 unspecified atom stereocenters. The van der Waals surface area contributed by atoms with E-state index in [4.69, 9.17) is 0 Å². The second kappa shape index (κ2) is 10.1. The Kier molecular flexibility index (Phi) is 6.83. The van der Waals surface area contributed by atoms with E-state index in [9.17, 15) is 14.4 Å². The lowest BCUT2D eigenvalue weighted by atomic mass is 10.1. The Hall–Kier alpha value is -3.94. The van der Waals surface area contributed by atoms with Gasteiger partial charge in [0.15, 0.2) is 0 Å². The maximum atomic E-state index is 12.8. The molecule has 170 valence electrons. The molecule has 3 amide bonds. The van der Waals surface area contributed by atoms with E-state index in [2.05, 4.69) is 15.7 Å². The average Bonchev–Trinajstić information content (AvgIpc) is 3.25. The van der Waals surface area contributed by atoms with E-state index >= 15 is 0 Å². The van der Waals surface area contributed by atoms with Crippen molar-refractivity contribution in [2.45, 2.75) is 26.4 Å². The van der Waals surface area contributed by atoms with E-state index in [0.717, 1.165) is 16.8 Å². The number of hydrogen-bond donors (Lipinski definition) is 2. The molecule has 0 spiro atoms. The van der Waals surface area contributed by atoms with Crippen molar-refractivity contribution in [2.24, 2.45) is 0 Å². The van der Waals surface area contributed by atoms with Gasteiger partial charge in [-0.3, -0.25) is 19.1 Å². The lowest BCUT2D eigenvalue weighted by Crippen LogP contribution is -2.49. The lowest BCUT2D eigenvalue weighted by molar-refractivity contribution is -0.123. The maximum absolute atomic E-state index is 12.8. The summed E-state index contributed by atoms with van der Waals surface area (Å²) in [5.74, 6) is -0.489. The molecule has 8 nitrogen and oxygen atoms in total. The number of nitrogens with one attached hydrogen (secondary N) is 2. The summed E-state index contributed by atoms with van der Waals surface area (Å²) < 4.78 is 1.87. The van der Waals surface area contributed by atoms with E-state index in [1.165, 1.54) is 4.90 Å². The molecule has 2 aromatic carbocycles. The predicted molar refractivity (Wildman–Crippen MR) is 124 cm³/mol. The fourth-order valence-corrected chi connectivity index (χ4v) is 3.90. The van der Waals surface area contributed by atoms with E-state index in [-0.39, 0.29) is 24.3 Å². The maximum Gasteiger partial charge on any atom is 0.255 e. The van der Waals surface area contributed by atoms with E-state index in [1.807, 2.05) is 54.1 Å². The molecule has 3 aromatic rings. The van der Waals surface area contributed by atoms with Crippen LogP contribution in [0.3, 0.4) is 0 Å². The molecule has 4 rings (SSSR count). The number of rotatable bonds is 7. The number of benzene rings is 2. The highest BCUT2D eigenvalue weighted by molar-refractivity contribution is 5.97. The predicted octanol–water partition coefficient (Wildman–Crippen LogP) is 2.00. The number of carbonyl (C=O) groups is 3. The first-order valence-corrected chi connectivity index (χ1v) is 11.1. The van der Waals surface area contributed by atoms with Crippen molar-refractivity contribution < 1.29 is 14.4 Å². The Labute approximate surface area is 192 Å². The highest BCUT2D eigenvalue weighted by Gasteiger charge is 2.22. The monoisotopic (exact) mass is 445 g/mol. The molecule has 1 aromatic heterocycles. The zero-order valence-corrected chi connectivity index (χ0v) is 18.6. The van der Waals surface area contributed by atoms with Crippen LogP contribution in [0.25, 0.3) is 0 Å². The van der Waals surface area contributed by atoms with Gasteiger partial charge in [0.25, 0.3) is 11.8 Å². The summed E-state index contributed by atoms with van der Waals surface area (Å²) in [7, 11) is 0. The third kappa shape index (κ3) is 5.28. The van der Waals surface area contributed by atoms with Crippen LogP contribution in [-0.4, -0.2) is 52.0 Å². The van der Waals surface area contributed by atoms with Crippen molar-refractivity contribution in [3.63, 3.8) is 0 Å². The number of nitrogens with zero attached hydrogens (tertiary/aromatic N) is 3. The van der Waals surface area contributed by atoms with Crippen molar-refractivity contribution in [1.82, 2.24) is 25.3 Å². The first kappa shape index (κ1) is 22.3. The third-order valence-corrected chi connectivity index (χ3v) is 5.68. The molecule has 0 atom stereocenters. The first-order chi connectivity index (χ1) is 16.0. The Morgan fingerprint density at radius 3 is 2.52 bits per heavy atom. The Bertz CT molecular complexity index is 1140. The van der Waals surface area contributed by atoms with Gasteiger partial charge in [0.2, 0.25) is 5.91 Å². The molecule has 0 aliphatic carbocycles. The van der Waals surface area contributed by atoms with E-state index < -0.39 is 0 Å². The summed E-state index contributed by atoms with van der Waals surface area (Å²) in [5, 5.41) is 10.1. The van der Waals surface area contributed by atoms with Gasteiger partial charge < -0.3 is 15.5 Å². The van der Waals surface area contributed by atoms with Crippen LogP contribution in [0.4, 0.5) is 0 Å². The van der Waals surface area contributed by atoms with Crippen molar-refractivity contribution in [2.75, 3.05) is 19.6 Å². The van der Waals surface area contributed by atoms with Crippen LogP contribution in [-0.2, 0) is 24.3 Å². The van der Waals surface area contributed by atoms with Gasteiger partial charge >= 0.3 is 0 Å². The molecule has 1 saturated heterocycles. The molecule has 0 bridgehead atoms. The molecule has 1 aliphatic rings. The Morgan fingerprint density at radius 1 is 1.06 bits per heavy atom. The van der Waals surface area contributed by atoms with Crippen molar-refractivity contribution >= 4 is 17.7 Å². The smallest absolute Gasteiger partial charge is 0.255 e. The summed E-state index contributed by atoms with van der Waals surface area (Å²) in [6, 6.07) is 17.1. The minimum atomic E-state index is -0.175. The molecule has 0 radical (unpaired) electrons. The highest BCUT2D eigenvalue weighted by atomic mass is 16.2. The number of carbonyl (C=O) groups excluding carboxylic acids is 3. The minimum Gasteiger partial charge on any atom is -0.353 e. The van der Waals surface area contributed by atoms with Crippen molar-refractivity contribution in [3.05, 3.63) is 88.7 Å². The second-order valence-corrected chi connectivity index (χ2v) is 7.96. The molecule has 8 heteroatoms. The summed E-state index contributed by atoms with van der Waals surface area (Å²) >= 11 is 0. The van der Waals surface area contributed by atoms with E-state index in [1.54, 1.807) is 18.3 Å². The summed E-state index contributed by atoms with van der Waals surface area (Å²) in [4.78, 5) is 38.4. The van der Waals surface area contributed by atoms with E-state index in [0.29, 0.717) is 43.7 Å². The number of piperazine rings is 1. The van der Waals surface area contributed by atoms with Gasteiger partial charge in [-0.1, -0.05) is 49.4 Å². The quantitative estimate of drug-likeness (QED) is 0.581. The van der Waals surface area contributed by atoms with Crippen LogP contribution in [0.1, 0.15) is 44.5 Å². The molecule has 0 saturated carbocycles. The van der Waals surface area contributed by atoms with Crippen LogP contribution < -0.4 is 10.6 Å². The second-order valence-electron chi connectivity index (χ2n) is 7.96. The summed E-state index contributed by atoms with van der Waals surface area (Å²) in [6.07, 6.45) is 2.31. The number of aromatic nitrogens is 2. The molecular weight excluding hydrogens is 418 g/mol. The Morgan fingerprint density at radius 2 is 1.82 bits per heavy atom. The zero-order valence-electron chi connectivity index (χ0n) is 18.6. The van der Waals surface area contributed by atoms with Gasteiger partial charge in [0.05, 0.1) is 30.5 Å². The molecule has 1 aliphatic heterocycles. The topological polar surface area (TPSA) is 96.3 Å². The summed E-state index contributed by atoms with van der Waals surface area (Å²) in [6.45, 7) is 4.01. The molecule has 2 heterocycles. The van der Waals surface area contributed by atoms with Crippen molar-refractivity contribution in [3.8, 4) is 0 Å². The van der Waals surface area contributed by atoms with Crippen LogP contribution in [0, 0.1) is 0 Å². The van der Waals surface area contributed by atoms with Crippen LogP contribution in [0.5, 0.6) is 0 Å². The van der Waals surface area contributed by atoms with Gasteiger partial charge in [-0.25, -0.2) is 0 Å². The van der Waals surface area contributed by atoms with Crippen LogP contribution >= 0.6 is 0 Å². The first-order valence-electron chi connectivity index (χ1n) is 11.1. The fraction of sp³-hybridized carbons (Fsp3) is 0.280. The van der Waals surface area contributed by atoms with Gasteiger partial charge in [-0.05, 0) is 29.7 Å². The third-order valence-electron chi connectivity index (χ3n) is 5.68. The van der Waals surface area contributed by atoms with Gasteiger partial charge in [0, 0.05) is 25.2 Å². The van der Waals surface area contributed by atoms with Crippen molar-refractivity contribution in [1.29, 1.82) is 0 Å². The van der Waals surface area contributed by atoms with Gasteiger partial charge in [-0.2, -0.15) is 5.10 Å². The number of amides is 3. The zero-order chi connectivity index (χ0) is 23.2. The standard InChI is InChI=1S/C25H27N5O3/c1-2-22-21(15-28-30(22)16-19-6-4-3-5-7-19)24(32)27-14-18-8-10-20(11-9-18)25(33)29-13-12-26-23(31)17-29/h3-11,15H,2,12-14,16-17H2,1H3,(H,26,31)(H,27,32). The van der Waals surface area contributed by atoms with Crippen LogP contribution in [0.2, 0.25) is 0 Å². The average molecular weight is 446 g/mol. The van der Waals surface area contributed by atoms with Crippen LogP contribution in [0.15, 0.2) is 60.8 Å². The fourth-order valence-electron chi connectivity index (χ4n) is 3.90. The highest BCUT2D eigenvalue weighted by Crippen LogP contribution is 2.13. The number of hydrogen-bond acceptors (Lipinski definition) is 4. The Balaban J connectivity index is 1.37. The lowest BCUT2D eigenvalue weighted by Gasteiger charge is -2.26. The van der Waals surface area contributed by atoms with Gasteiger partial charge in [0.1, 0.15) is 0 Å². The largest absolute Gasteiger partial charge is 0.353 e. The molecule has 2 N–H and O–H groups in total. The SMILES string of the molecule is CCc1c(C(=O)NCc2ccc(C(=O)N3CCNC(=O)C3)cc2)cnn1Cc1ccccc1.